The topological polar surface area (TPSA) is 59.5 Å². The van der Waals surface area contributed by atoms with E-state index in [0.717, 1.165) is 34.8 Å². The predicted molar refractivity (Wildman–Crippen MR) is 89.8 cm³/mol. The summed E-state index contributed by atoms with van der Waals surface area (Å²) in [5.41, 5.74) is 0.396. The van der Waals surface area contributed by atoms with Crippen molar-refractivity contribution < 1.29 is 13.2 Å². The molecule has 0 N–H and O–H groups in total. The Labute approximate surface area is 137 Å². The summed E-state index contributed by atoms with van der Waals surface area (Å²) in [5.74, 6) is -0.00599. The quantitative estimate of drug-likeness (QED) is 0.795. The van der Waals surface area contributed by atoms with Crippen LogP contribution >= 0.6 is 11.3 Å². The van der Waals surface area contributed by atoms with E-state index in [4.69, 9.17) is 4.74 Å². The van der Waals surface area contributed by atoms with E-state index < -0.39 is 15.6 Å². The molecule has 1 aromatic rings. The summed E-state index contributed by atoms with van der Waals surface area (Å²) in [6, 6.07) is -0.0858. The van der Waals surface area contributed by atoms with E-state index >= 15 is 0 Å². The van der Waals surface area contributed by atoms with Crippen molar-refractivity contribution in [2.24, 2.45) is 0 Å². The molecule has 0 aromatic carbocycles. The molecule has 126 valence electrons. The second-order valence-corrected chi connectivity index (χ2v) is 9.68. The molecule has 0 saturated carbocycles. The molecule has 0 spiro atoms. The van der Waals surface area contributed by atoms with Gasteiger partial charge in [-0.25, -0.2) is 13.4 Å². The maximum Gasteiger partial charge on any atom is 0.217 e. The summed E-state index contributed by atoms with van der Waals surface area (Å²) in [5, 5.41) is 1.01. The van der Waals surface area contributed by atoms with E-state index in [2.05, 4.69) is 4.98 Å². The molecule has 0 saturated heterocycles. The molecule has 7 heteroatoms. The summed E-state index contributed by atoms with van der Waals surface area (Å²) in [6.07, 6.45) is 2.80. The van der Waals surface area contributed by atoms with Gasteiger partial charge in [-0.1, -0.05) is 0 Å². The van der Waals surface area contributed by atoms with Crippen molar-refractivity contribution in [3.05, 3.63) is 15.6 Å². The lowest BCUT2D eigenvalue weighted by atomic mass is 9.98. The Morgan fingerprint density at radius 3 is 2.77 bits per heavy atom. The van der Waals surface area contributed by atoms with Crippen LogP contribution in [0.5, 0.6) is 0 Å². The van der Waals surface area contributed by atoms with Gasteiger partial charge in [0.2, 0.25) is 10.0 Å². The standard InChI is InChI=1S/C15H26N2O3S2/c1-6-20-15(3,4)10-22(18,19)17(5)13-9-7-8-12-14(13)21-11(2)16-12/h13H,6-10H2,1-5H3. The first-order valence-electron chi connectivity index (χ1n) is 7.72. The van der Waals surface area contributed by atoms with Crippen molar-refractivity contribution in [3.8, 4) is 0 Å². The molecule has 1 atom stereocenters. The number of fused-ring (bicyclic) bond motifs is 1. The van der Waals surface area contributed by atoms with Crippen molar-refractivity contribution in [2.75, 3.05) is 19.4 Å². The number of sulfonamides is 1. The molecule has 22 heavy (non-hydrogen) atoms. The van der Waals surface area contributed by atoms with Crippen LogP contribution in [0.25, 0.3) is 0 Å². The van der Waals surface area contributed by atoms with Gasteiger partial charge in [-0.3, -0.25) is 0 Å². The van der Waals surface area contributed by atoms with Crippen LogP contribution in [0.2, 0.25) is 0 Å². The molecule has 1 aromatic heterocycles. The highest BCUT2D eigenvalue weighted by molar-refractivity contribution is 7.89. The van der Waals surface area contributed by atoms with E-state index in [1.54, 1.807) is 18.4 Å². The Morgan fingerprint density at radius 1 is 1.45 bits per heavy atom. The Bertz CT molecular complexity index is 623. The number of ether oxygens (including phenoxy) is 1. The molecule has 1 aliphatic carbocycles. The molecule has 0 amide bonds. The summed E-state index contributed by atoms with van der Waals surface area (Å²) >= 11 is 1.62. The first-order chi connectivity index (χ1) is 10.2. The molecule has 1 unspecified atom stereocenters. The van der Waals surface area contributed by atoms with E-state index in [1.165, 1.54) is 4.31 Å². The summed E-state index contributed by atoms with van der Waals surface area (Å²) in [4.78, 5) is 5.66. The van der Waals surface area contributed by atoms with Gasteiger partial charge in [-0.2, -0.15) is 4.31 Å². The second kappa shape index (κ2) is 6.55. The minimum atomic E-state index is -3.39. The number of hydrogen-bond acceptors (Lipinski definition) is 5. The fourth-order valence-electron chi connectivity index (χ4n) is 3.03. The van der Waals surface area contributed by atoms with Crippen LogP contribution in [-0.2, 0) is 21.2 Å². The molecule has 0 aliphatic heterocycles. The van der Waals surface area contributed by atoms with Gasteiger partial charge in [0.15, 0.2) is 0 Å². The molecule has 2 rings (SSSR count). The second-order valence-electron chi connectivity index (χ2n) is 6.42. The number of aryl methyl sites for hydroxylation is 2. The SMILES string of the molecule is CCOC(C)(C)CS(=O)(=O)N(C)C1CCCc2nc(C)sc21. The fraction of sp³-hybridized carbons (Fsp3) is 0.800. The van der Waals surface area contributed by atoms with E-state index in [9.17, 15) is 8.42 Å². The highest BCUT2D eigenvalue weighted by Gasteiger charge is 2.36. The average Bonchev–Trinajstić information content (AvgIpc) is 2.76. The molecule has 1 aliphatic rings. The van der Waals surface area contributed by atoms with Crippen molar-refractivity contribution in [3.63, 3.8) is 0 Å². The van der Waals surface area contributed by atoms with Crippen LogP contribution < -0.4 is 0 Å². The number of rotatable bonds is 6. The van der Waals surface area contributed by atoms with Gasteiger partial charge in [0.05, 0.1) is 28.1 Å². The highest BCUT2D eigenvalue weighted by atomic mass is 32.2. The van der Waals surface area contributed by atoms with Gasteiger partial charge in [0.25, 0.3) is 0 Å². The van der Waals surface area contributed by atoms with Crippen molar-refractivity contribution >= 4 is 21.4 Å². The van der Waals surface area contributed by atoms with E-state index in [1.807, 2.05) is 27.7 Å². The normalized spacial score (nSPS) is 19.5. The number of thiazole rings is 1. The van der Waals surface area contributed by atoms with Gasteiger partial charge in [0, 0.05) is 18.5 Å². The third-order valence-electron chi connectivity index (χ3n) is 3.97. The van der Waals surface area contributed by atoms with Crippen LogP contribution in [0.15, 0.2) is 0 Å². The molecule has 0 fully saturated rings. The maximum absolute atomic E-state index is 12.8. The van der Waals surface area contributed by atoms with E-state index in [0.29, 0.717) is 6.61 Å². The first kappa shape index (κ1) is 17.8. The van der Waals surface area contributed by atoms with Crippen molar-refractivity contribution in [1.29, 1.82) is 0 Å². The smallest absolute Gasteiger partial charge is 0.217 e. The highest BCUT2D eigenvalue weighted by Crippen LogP contribution is 2.38. The lowest BCUT2D eigenvalue weighted by Gasteiger charge is -2.33. The number of hydrogen-bond donors (Lipinski definition) is 0. The Hall–Kier alpha value is -0.500. The van der Waals surface area contributed by atoms with Gasteiger partial charge in [0.1, 0.15) is 0 Å². The fourth-order valence-corrected chi connectivity index (χ4v) is 6.02. The van der Waals surface area contributed by atoms with Crippen LogP contribution in [0.3, 0.4) is 0 Å². The number of nitrogens with zero attached hydrogens (tertiary/aromatic N) is 2. The zero-order valence-corrected chi connectivity index (χ0v) is 15.7. The Balaban J connectivity index is 2.22. The lowest BCUT2D eigenvalue weighted by Crippen LogP contribution is -2.42. The molecule has 1 heterocycles. The van der Waals surface area contributed by atoms with Crippen LogP contribution in [0, 0.1) is 6.92 Å². The third kappa shape index (κ3) is 3.88. The number of aromatic nitrogens is 1. The lowest BCUT2D eigenvalue weighted by molar-refractivity contribution is 0.00713. The summed E-state index contributed by atoms with van der Waals surface area (Å²) in [6.45, 7) is 8.02. The minimum absolute atomic E-state index is 0.00599. The molecule has 5 nitrogen and oxygen atoms in total. The molecular weight excluding hydrogens is 320 g/mol. The molecular formula is C15H26N2O3S2. The van der Waals surface area contributed by atoms with Crippen LogP contribution in [0.4, 0.5) is 0 Å². The maximum atomic E-state index is 12.8. The van der Waals surface area contributed by atoms with Crippen LogP contribution in [-0.4, -0.2) is 42.7 Å². The summed E-state index contributed by atoms with van der Waals surface area (Å²) < 4.78 is 32.6. The minimum Gasteiger partial charge on any atom is -0.375 e. The Morgan fingerprint density at radius 2 is 2.14 bits per heavy atom. The van der Waals surface area contributed by atoms with Gasteiger partial charge < -0.3 is 4.74 Å². The molecule has 0 bridgehead atoms. The van der Waals surface area contributed by atoms with Gasteiger partial charge in [-0.15, -0.1) is 11.3 Å². The van der Waals surface area contributed by atoms with Gasteiger partial charge >= 0.3 is 0 Å². The summed E-state index contributed by atoms with van der Waals surface area (Å²) in [7, 11) is -1.70. The van der Waals surface area contributed by atoms with Crippen molar-refractivity contribution in [1.82, 2.24) is 9.29 Å². The van der Waals surface area contributed by atoms with Gasteiger partial charge in [-0.05, 0) is 47.0 Å². The first-order valence-corrected chi connectivity index (χ1v) is 10.1. The van der Waals surface area contributed by atoms with E-state index in [-0.39, 0.29) is 11.8 Å². The average molecular weight is 347 g/mol. The monoisotopic (exact) mass is 346 g/mol. The molecule has 0 radical (unpaired) electrons. The third-order valence-corrected chi connectivity index (χ3v) is 7.28. The zero-order valence-electron chi connectivity index (χ0n) is 14.0. The predicted octanol–water partition coefficient (Wildman–Crippen LogP) is 2.91. The zero-order chi connectivity index (χ0) is 16.5. The van der Waals surface area contributed by atoms with Crippen molar-refractivity contribution in [2.45, 2.75) is 58.6 Å². The Kier molecular flexibility index (Phi) is 5.31. The van der Waals surface area contributed by atoms with Crippen LogP contribution in [0.1, 0.15) is 55.2 Å². The largest absolute Gasteiger partial charge is 0.375 e.